The molecule has 7 heteroatoms. The molecule has 1 N–H and O–H groups in total. The molecule has 2 bridgehead atoms. The first-order valence-corrected chi connectivity index (χ1v) is 9.14. The van der Waals surface area contributed by atoms with Gasteiger partial charge in [0.1, 0.15) is 17.1 Å². The molecule has 0 saturated carbocycles. The van der Waals surface area contributed by atoms with Crippen LogP contribution in [0.25, 0.3) is 28.0 Å². The molecule has 4 aromatic rings. The van der Waals surface area contributed by atoms with Crippen molar-refractivity contribution in [2.45, 2.75) is 38.7 Å². The lowest BCUT2D eigenvalue weighted by atomic mass is 9.94. The fourth-order valence-electron chi connectivity index (χ4n) is 3.79. The summed E-state index contributed by atoms with van der Waals surface area (Å²) in [5, 5.41) is 0. The minimum Gasteiger partial charge on any atom is -0.488 e. The second kappa shape index (κ2) is 5.90. The summed E-state index contributed by atoms with van der Waals surface area (Å²) in [6.45, 7) is 4.25. The average molecular weight is 361 g/mol. The number of pyridine rings is 3. The number of hydrogen-bond donors (Lipinski definition) is 1. The van der Waals surface area contributed by atoms with E-state index in [1.807, 2.05) is 24.4 Å². The fraction of sp³-hybridized carbons (Fsp3) is 0.300. The van der Waals surface area contributed by atoms with Gasteiger partial charge in [0.15, 0.2) is 5.65 Å². The summed E-state index contributed by atoms with van der Waals surface area (Å²) in [6.07, 6.45) is 5.35. The van der Waals surface area contributed by atoms with Crippen molar-refractivity contribution >= 4 is 22.2 Å². The highest BCUT2D eigenvalue weighted by molar-refractivity contribution is 5.82. The smallest absolute Gasteiger partial charge is 0.333 e. The van der Waals surface area contributed by atoms with Gasteiger partial charge >= 0.3 is 5.69 Å². The molecule has 0 unspecified atom stereocenters. The highest BCUT2D eigenvalue weighted by Gasteiger charge is 2.20. The van der Waals surface area contributed by atoms with Gasteiger partial charge in [0.25, 0.3) is 0 Å². The Labute approximate surface area is 155 Å². The van der Waals surface area contributed by atoms with Crippen LogP contribution in [0.15, 0.2) is 41.5 Å². The number of aromatic amines is 1. The summed E-state index contributed by atoms with van der Waals surface area (Å²) in [4.78, 5) is 29.1. The normalized spacial score (nSPS) is 19.6. The van der Waals surface area contributed by atoms with E-state index in [0.29, 0.717) is 28.6 Å². The lowest BCUT2D eigenvalue weighted by Crippen LogP contribution is -2.18. The van der Waals surface area contributed by atoms with E-state index in [9.17, 15) is 4.79 Å². The molecular formula is C20H19N5O2. The first-order chi connectivity index (χ1) is 13.1. The maximum atomic E-state index is 12.7. The lowest BCUT2D eigenvalue weighted by Gasteiger charge is -2.20. The zero-order valence-electron chi connectivity index (χ0n) is 15.1. The molecule has 2 atom stereocenters. The molecule has 0 spiro atoms. The van der Waals surface area contributed by atoms with E-state index in [2.05, 4.69) is 28.8 Å². The zero-order chi connectivity index (χ0) is 18.5. The highest BCUT2D eigenvalue weighted by atomic mass is 16.5. The minimum absolute atomic E-state index is 0.0135. The van der Waals surface area contributed by atoms with E-state index < -0.39 is 0 Å². The molecule has 0 fully saturated rings. The van der Waals surface area contributed by atoms with Crippen LogP contribution < -0.4 is 10.4 Å². The molecule has 5 rings (SSSR count). The van der Waals surface area contributed by atoms with Crippen LogP contribution in [0.1, 0.15) is 38.2 Å². The van der Waals surface area contributed by atoms with Crippen molar-refractivity contribution in [2.75, 3.05) is 0 Å². The molecule has 0 amide bonds. The number of nitrogens with zero attached hydrogens (tertiary/aromatic N) is 4. The summed E-state index contributed by atoms with van der Waals surface area (Å²) in [5.41, 5.74) is 3.62. The van der Waals surface area contributed by atoms with E-state index in [1.165, 1.54) is 4.57 Å². The van der Waals surface area contributed by atoms with E-state index >= 15 is 0 Å². The van der Waals surface area contributed by atoms with Gasteiger partial charge in [-0.1, -0.05) is 6.92 Å². The van der Waals surface area contributed by atoms with Crippen LogP contribution in [0.4, 0.5) is 0 Å². The van der Waals surface area contributed by atoms with Crippen LogP contribution in [-0.2, 0) is 0 Å². The zero-order valence-corrected chi connectivity index (χ0v) is 15.1. The van der Waals surface area contributed by atoms with E-state index in [0.717, 1.165) is 29.4 Å². The van der Waals surface area contributed by atoms with Gasteiger partial charge in [0, 0.05) is 18.5 Å². The first kappa shape index (κ1) is 16.0. The van der Waals surface area contributed by atoms with E-state index in [4.69, 9.17) is 9.72 Å². The number of rotatable bonds is 0. The lowest BCUT2D eigenvalue weighted by molar-refractivity contribution is 0.207. The summed E-state index contributed by atoms with van der Waals surface area (Å²) in [6, 6.07) is 7.53. The van der Waals surface area contributed by atoms with Crippen molar-refractivity contribution in [2.24, 2.45) is 0 Å². The van der Waals surface area contributed by atoms with Crippen molar-refractivity contribution in [1.82, 2.24) is 24.5 Å². The van der Waals surface area contributed by atoms with Crippen LogP contribution in [-0.4, -0.2) is 30.6 Å². The molecule has 7 nitrogen and oxygen atoms in total. The van der Waals surface area contributed by atoms with Crippen molar-refractivity contribution in [3.05, 3.63) is 52.7 Å². The van der Waals surface area contributed by atoms with E-state index in [-0.39, 0.29) is 11.8 Å². The predicted octanol–water partition coefficient (Wildman–Crippen LogP) is 3.32. The Hall–Kier alpha value is -3.22. The Morgan fingerprint density at radius 3 is 2.85 bits per heavy atom. The molecule has 136 valence electrons. The maximum Gasteiger partial charge on any atom is 0.333 e. The van der Waals surface area contributed by atoms with Crippen molar-refractivity contribution < 1.29 is 4.74 Å². The molecule has 1 aliphatic rings. The molecule has 0 aliphatic carbocycles. The molecular weight excluding hydrogens is 342 g/mol. The largest absolute Gasteiger partial charge is 0.488 e. The fourth-order valence-corrected chi connectivity index (χ4v) is 3.79. The molecule has 4 aromatic heterocycles. The molecule has 0 saturated heterocycles. The quantitative estimate of drug-likeness (QED) is 0.519. The number of nitrogens with one attached hydrogen (secondary N) is 1. The molecule has 1 aliphatic heterocycles. The van der Waals surface area contributed by atoms with Crippen LogP contribution >= 0.6 is 0 Å². The standard InChI is InChI=1S/C20H19N5O2/c1-11-3-4-12(2)27-15-8-10-22-19-18(15)25(20(26)24-19)16-6-5-14-17(23-16)13(11)7-9-21-14/h5-12H,3-4H2,1-2H3,(H,22,24,26)/t11-,12+/m0/s1. The first-order valence-electron chi connectivity index (χ1n) is 9.14. The van der Waals surface area contributed by atoms with Crippen LogP contribution in [0.2, 0.25) is 0 Å². The predicted molar refractivity (Wildman–Crippen MR) is 103 cm³/mol. The number of imidazole rings is 1. The van der Waals surface area contributed by atoms with Gasteiger partial charge in [-0.15, -0.1) is 0 Å². The third kappa shape index (κ3) is 2.50. The van der Waals surface area contributed by atoms with E-state index in [1.54, 1.807) is 12.3 Å². The molecule has 0 radical (unpaired) electrons. The van der Waals surface area contributed by atoms with Crippen LogP contribution in [0.5, 0.6) is 5.75 Å². The Kier molecular flexibility index (Phi) is 3.50. The molecule has 27 heavy (non-hydrogen) atoms. The third-order valence-corrected chi connectivity index (χ3v) is 5.23. The van der Waals surface area contributed by atoms with Crippen molar-refractivity contribution in [3.63, 3.8) is 0 Å². The second-order valence-corrected chi connectivity index (χ2v) is 7.12. The Bertz CT molecular complexity index is 1230. The Balaban J connectivity index is 1.89. The average Bonchev–Trinajstić information content (AvgIpc) is 3.01. The number of H-pyrrole nitrogens is 1. The summed E-state index contributed by atoms with van der Waals surface area (Å²) >= 11 is 0. The van der Waals surface area contributed by atoms with Crippen LogP contribution in [0, 0.1) is 0 Å². The molecule has 5 heterocycles. The number of hydrogen-bond acceptors (Lipinski definition) is 5. The Morgan fingerprint density at radius 2 is 1.96 bits per heavy atom. The second-order valence-electron chi connectivity index (χ2n) is 7.12. The number of ether oxygens (including phenoxy) is 1. The highest BCUT2D eigenvalue weighted by Crippen LogP contribution is 2.31. The van der Waals surface area contributed by atoms with Gasteiger partial charge in [0.05, 0.1) is 17.1 Å². The number of aromatic nitrogens is 5. The van der Waals surface area contributed by atoms with Gasteiger partial charge in [-0.3, -0.25) is 9.97 Å². The number of fused-ring (bicyclic) bond motifs is 2. The van der Waals surface area contributed by atoms with Gasteiger partial charge in [-0.05, 0) is 49.4 Å². The van der Waals surface area contributed by atoms with Gasteiger partial charge in [-0.25, -0.2) is 19.3 Å². The summed E-state index contributed by atoms with van der Waals surface area (Å²) in [7, 11) is 0. The van der Waals surface area contributed by atoms with Gasteiger partial charge in [-0.2, -0.15) is 0 Å². The minimum atomic E-state index is -0.288. The maximum absolute atomic E-state index is 12.7. The SMILES string of the molecule is C[C@@H]1CC[C@H](C)c2ccnc3ccc(nc23)-n2c(=O)[nH]c3nccc(c32)O1. The monoisotopic (exact) mass is 361 g/mol. The van der Waals surface area contributed by atoms with Crippen molar-refractivity contribution in [1.29, 1.82) is 0 Å². The molecule has 0 aromatic carbocycles. The summed E-state index contributed by atoms with van der Waals surface area (Å²) < 4.78 is 7.72. The van der Waals surface area contributed by atoms with Crippen molar-refractivity contribution in [3.8, 4) is 11.6 Å². The topological polar surface area (TPSA) is 85.7 Å². The van der Waals surface area contributed by atoms with Crippen LogP contribution in [0.3, 0.4) is 0 Å². The van der Waals surface area contributed by atoms with Gasteiger partial charge < -0.3 is 4.74 Å². The summed E-state index contributed by atoms with van der Waals surface area (Å²) in [5.74, 6) is 1.47. The Morgan fingerprint density at radius 1 is 1.11 bits per heavy atom. The third-order valence-electron chi connectivity index (χ3n) is 5.23. The van der Waals surface area contributed by atoms with Gasteiger partial charge in [0.2, 0.25) is 0 Å².